The molecule has 2 aromatic carbocycles. The van der Waals surface area contributed by atoms with E-state index in [1.54, 1.807) is 32.8 Å². The maximum Gasteiger partial charge on any atom is 0.276 e. The number of pyridine rings is 1. The second-order valence-corrected chi connectivity index (χ2v) is 9.93. The van der Waals surface area contributed by atoms with Crippen molar-refractivity contribution in [3.63, 3.8) is 0 Å². The lowest BCUT2D eigenvalue weighted by Gasteiger charge is -2.34. The highest BCUT2D eigenvalue weighted by molar-refractivity contribution is 6.35. The third-order valence-electron chi connectivity index (χ3n) is 6.97. The predicted molar refractivity (Wildman–Crippen MR) is 140 cm³/mol. The first kappa shape index (κ1) is 23.6. The topological polar surface area (TPSA) is 110 Å². The van der Waals surface area contributed by atoms with Gasteiger partial charge in [-0.25, -0.2) is 9.67 Å². The number of piperazine rings is 1. The number of halogens is 1. The fourth-order valence-corrected chi connectivity index (χ4v) is 4.94. The Morgan fingerprint density at radius 2 is 1.73 bits per heavy atom. The third-order valence-corrected chi connectivity index (χ3v) is 7.28. The molecule has 188 valence electrons. The first-order valence-corrected chi connectivity index (χ1v) is 12.8. The van der Waals surface area contributed by atoms with E-state index in [0.29, 0.717) is 60.6 Å². The van der Waals surface area contributed by atoms with Crippen LogP contribution in [0, 0.1) is 0 Å². The monoisotopic (exact) mass is 515 g/mol. The van der Waals surface area contributed by atoms with Crippen molar-refractivity contribution in [2.45, 2.75) is 25.4 Å². The quantitative estimate of drug-likeness (QED) is 0.435. The third kappa shape index (κ3) is 4.68. The highest BCUT2D eigenvalue weighted by atomic mass is 35.5. The van der Waals surface area contributed by atoms with Crippen LogP contribution in [0.3, 0.4) is 0 Å². The van der Waals surface area contributed by atoms with Crippen LogP contribution in [0.1, 0.15) is 45.3 Å². The molecular weight excluding hydrogens is 490 g/mol. The molecule has 1 aliphatic heterocycles. The fourth-order valence-electron chi connectivity index (χ4n) is 4.67. The minimum atomic E-state index is -0.144. The molecule has 37 heavy (non-hydrogen) atoms. The van der Waals surface area contributed by atoms with Gasteiger partial charge in [-0.1, -0.05) is 41.1 Å². The lowest BCUT2D eigenvalue weighted by molar-refractivity contribution is 0.0532. The summed E-state index contributed by atoms with van der Waals surface area (Å²) in [6.07, 6.45) is 3.89. The van der Waals surface area contributed by atoms with E-state index >= 15 is 0 Å². The maximum absolute atomic E-state index is 13.3. The van der Waals surface area contributed by atoms with Crippen molar-refractivity contribution in [2.75, 3.05) is 26.2 Å². The Hall–Kier alpha value is -3.82. The van der Waals surface area contributed by atoms with Gasteiger partial charge in [0.2, 0.25) is 0 Å². The number of rotatable bonds is 5. The fraction of sp³-hybridized carbons (Fsp3) is 0.296. The molecule has 4 aromatic rings. The largest absolute Gasteiger partial charge is 0.335 e. The molecule has 2 fully saturated rings. The summed E-state index contributed by atoms with van der Waals surface area (Å²) in [6.45, 7) is 2.21. The number of fused-ring (bicyclic) bond motifs is 1. The van der Waals surface area contributed by atoms with Crippen molar-refractivity contribution in [3.8, 4) is 11.3 Å². The summed E-state index contributed by atoms with van der Waals surface area (Å²) >= 11 is 6.58. The summed E-state index contributed by atoms with van der Waals surface area (Å²) in [4.78, 5) is 34.5. The minimum absolute atomic E-state index is 0.0952. The van der Waals surface area contributed by atoms with Crippen molar-refractivity contribution in [2.24, 2.45) is 5.73 Å². The van der Waals surface area contributed by atoms with Gasteiger partial charge in [0.15, 0.2) is 5.69 Å². The second kappa shape index (κ2) is 9.57. The van der Waals surface area contributed by atoms with Gasteiger partial charge in [0, 0.05) is 49.2 Å². The first-order valence-electron chi connectivity index (χ1n) is 12.4. The lowest BCUT2D eigenvalue weighted by atomic mass is 10.0. The van der Waals surface area contributed by atoms with Crippen molar-refractivity contribution in [1.82, 2.24) is 29.8 Å². The minimum Gasteiger partial charge on any atom is -0.335 e. The number of benzene rings is 2. The number of carbonyl (C=O) groups excluding carboxylic acids is 2. The van der Waals surface area contributed by atoms with Crippen LogP contribution in [0.2, 0.25) is 5.02 Å². The molecule has 9 nitrogen and oxygen atoms in total. The molecule has 0 atom stereocenters. The molecule has 2 amide bonds. The molecule has 2 N–H and O–H groups in total. The Bertz CT molecular complexity index is 1510. The summed E-state index contributed by atoms with van der Waals surface area (Å²) < 4.78 is 1.77. The number of carbonyl (C=O) groups is 2. The van der Waals surface area contributed by atoms with E-state index < -0.39 is 0 Å². The zero-order valence-corrected chi connectivity index (χ0v) is 20.9. The van der Waals surface area contributed by atoms with Gasteiger partial charge in [0.25, 0.3) is 11.8 Å². The Balaban J connectivity index is 1.17. The molecule has 1 aliphatic carbocycles. The van der Waals surface area contributed by atoms with Crippen LogP contribution in [-0.2, 0) is 6.54 Å². The maximum atomic E-state index is 13.3. The molecule has 6 rings (SSSR count). The molecule has 0 spiro atoms. The SMILES string of the molecule is NCc1cccc(-c2cc(Cl)c3ccc(C(=O)N4CCN(C(=O)c5cn(C6CC6)nn5)CC4)cc3n2)c1. The van der Waals surface area contributed by atoms with Gasteiger partial charge in [-0.15, -0.1) is 5.10 Å². The van der Waals surface area contributed by atoms with Crippen LogP contribution in [0.25, 0.3) is 22.2 Å². The van der Waals surface area contributed by atoms with Gasteiger partial charge in [-0.3, -0.25) is 9.59 Å². The van der Waals surface area contributed by atoms with E-state index in [2.05, 4.69) is 10.3 Å². The molecule has 0 unspecified atom stereocenters. The van der Waals surface area contributed by atoms with Gasteiger partial charge < -0.3 is 15.5 Å². The van der Waals surface area contributed by atoms with E-state index in [9.17, 15) is 9.59 Å². The average molecular weight is 516 g/mol. The molecule has 0 bridgehead atoms. The van der Waals surface area contributed by atoms with Crippen LogP contribution in [0.5, 0.6) is 0 Å². The number of aromatic nitrogens is 4. The smallest absolute Gasteiger partial charge is 0.276 e. The van der Waals surface area contributed by atoms with Crippen LogP contribution in [0.4, 0.5) is 0 Å². The number of nitrogens with two attached hydrogens (primary N) is 1. The predicted octanol–water partition coefficient (Wildman–Crippen LogP) is 3.54. The van der Waals surface area contributed by atoms with E-state index in [-0.39, 0.29) is 11.8 Å². The Morgan fingerprint density at radius 3 is 2.46 bits per heavy atom. The second-order valence-electron chi connectivity index (χ2n) is 9.53. The normalized spacial score (nSPS) is 15.8. The molecule has 2 aliphatic rings. The Kier molecular flexibility index (Phi) is 6.10. The number of nitrogens with zero attached hydrogens (tertiary/aromatic N) is 6. The number of amides is 2. The zero-order valence-electron chi connectivity index (χ0n) is 20.2. The van der Waals surface area contributed by atoms with E-state index in [1.807, 2.05) is 36.4 Å². The highest BCUT2D eigenvalue weighted by Gasteiger charge is 2.29. The summed E-state index contributed by atoms with van der Waals surface area (Å²) in [5.74, 6) is -0.239. The molecular formula is C27H26ClN7O2. The summed E-state index contributed by atoms with van der Waals surface area (Å²) in [6, 6.07) is 15.5. The van der Waals surface area contributed by atoms with Crippen LogP contribution >= 0.6 is 11.6 Å². The van der Waals surface area contributed by atoms with Gasteiger partial charge in [0.1, 0.15) is 0 Å². The number of hydrogen-bond acceptors (Lipinski definition) is 6. The molecule has 0 radical (unpaired) electrons. The van der Waals surface area contributed by atoms with Gasteiger partial charge in [0.05, 0.1) is 28.5 Å². The van der Waals surface area contributed by atoms with Crippen molar-refractivity contribution in [3.05, 3.63) is 76.6 Å². The van der Waals surface area contributed by atoms with Gasteiger partial charge in [-0.2, -0.15) is 0 Å². The molecule has 1 saturated carbocycles. The zero-order chi connectivity index (χ0) is 25.5. The number of hydrogen-bond donors (Lipinski definition) is 1. The standard InChI is InChI=1S/C27H26ClN7O2/c28-22-14-23(18-3-1-2-17(12-18)15-29)30-24-13-19(4-7-21(22)24)26(36)33-8-10-34(11-9-33)27(37)25-16-35(32-31-25)20-5-6-20/h1-4,7,12-14,16,20H,5-6,8-11,15,29H2. The van der Waals surface area contributed by atoms with E-state index in [1.165, 1.54) is 0 Å². The Labute approximate surface area is 218 Å². The van der Waals surface area contributed by atoms with Crippen LogP contribution in [0.15, 0.2) is 54.7 Å². The van der Waals surface area contributed by atoms with E-state index in [4.69, 9.17) is 22.3 Å². The summed E-state index contributed by atoms with van der Waals surface area (Å²) in [5.41, 5.74) is 9.99. The lowest BCUT2D eigenvalue weighted by Crippen LogP contribution is -2.50. The summed E-state index contributed by atoms with van der Waals surface area (Å²) in [5, 5.41) is 9.48. The van der Waals surface area contributed by atoms with Gasteiger partial charge >= 0.3 is 0 Å². The van der Waals surface area contributed by atoms with Crippen molar-refractivity contribution < 1.29 is 9.59 Å². The highest BCUT2D eigenvalue weighted by Crippen LogP contribution is 2.34. The first-order chi connectivity index (χ1) is 18.0. The molecule has 10 heteroatoms. The van der Waals surface area contributed by atoms with Crippen molar-refractivity contribution >= 4 is 34.3 Å². The molecule has 1 saturated heterocycles. The van der Waals surface area contributed by atoms with Crippen molar-refractivity contribution in [1.29, 1.82) is 0 Å². The molecule has 3 heterocycles. The summed E-state index contributed by atoms with van der Waals surface area (Å²) in [7, 11) is 0. The van der Waals surface area contributed by atoms with E-state index in [0.717, 1.165) is 35.0 Å². The van der Waals surface area contributed by atoms with Crippen LogP contribution in [-0.4, -0.2) is 67.8 Å². The Morgan fingerprint density at radius 1 is 0.973 bits per heavy atom. The average Bonchev–Trinajstić information content (AvgIpc) is 3.68. The van der Waals surface area contributed by atoms with Crippen LogP contribution < -0.4 is 5.73 Å². The molecule has 2 aromatic heterocycles. The van der Waals surface area contributed by atoms with Gasteiger partial charge in [-0.05, 0) is 42.7 Å².